The molecule has 0 aromatic heterocycles. The standard InChI is InChI=1S/C16H19FN2O2S.ClH/c1-18-22(20,21)12-15-5-3-2-4-14(15)11-19-10-13-6-8-16(17)9-7-13;/h2-9,18-19H,10-12H2,1H3;1H. The van der Waals surface area contributed by atoms with Crippen LogP contribution in [0.5, 0.6) is 0 Å². The van der Waals surface area contributed by atoms with Crippen LogP contribution in [0.4, 0.5) is 4.39 Å². The fraction of sp³-hybridized carbons (Fsp3) is 0.250. The maximum Gasteiger partial charge on any atom is 0.215 e. The maximum absolute atomic E-state index is 12.8. The van der Waals surface area contributed by atoms with E-state index in [1.807, 2.05) is 24.3 Å². The van der Waals surface area contributed by atoms with Gasteiger partial charge in [0.1, 0.15) is 5.82 Å². The molecule has 0 saturated heterocycles. The number of benzene rings is 2. The SMILES string of the molecule is CNS(=O)(=O)Cc1ccccc1CNCc1ccc(F)cc1.Cl. The van der Waals surface area contributed by atoms with Gasteiger partial charge < -0.3 is 5.32 Å². The Bertz CT molecular complexity index is 721. The molecule has 126 valence electrons. The zero-order chi connectivity index (χ0) is 16.0. The van der Waals surface area contributed by atoms with Crippen molar-refractivity contribution in [1.82, 2.24) is 10.0 Å². The van der Waals surface area contributed by atoms with Gasteiger partial charge in [-0.3, -0.25) is 0 Å². The third-order valence-corrected chi connectivity index (χ3v) is 4.65. The molecule has 0 bridgehead atoms. The van der Waals surface area contributed by atoms with Crippen LogP contribution in [0.3, 0.4) is 0 Å². The van der Waals surface area contributed by atoms with Crippen LogP contribution in [0.15, 0.2) is 48.5 Å². The van der Waals surface area contributed by atoms with Crippen molar-refractivity contribution in [3.8, 4) is 0 Å². The first-order chi connectivity index (χ1) is 10.5. The summed E-state index contributed by atoms with van der Waals surface area (Å²) in [6.45, 7) is 1.14. The second kappa shape index (κ2) is 8.98. The summed E-state index contributed by atoms with van der Waals surface area (Å²) < 4.78 is 38.5. The van der Waals surface area contributed by atoms with Crippen LogP contribution >= 0.6 is 12.4 Å². The van der Waals surface area contributed by atoms with Crippen molar-refractivity contribution in [2.24, 2.45) is 0 Å². The zero-order valence-electron chi connectivity index (χ0n) is 12.8. The van der Waals surface area contributed by atoms with E-state index in [0.717, 1.165) is 16.7 Å². The highest BCUT2D eigenvalue weighted by molar-refractivity contribution is 7.88. The summed E-state index contributed by atoms with van der Waals surface area (Å²) in [6.07, 6.45) is 0. The van der Waals surface area contributed by atoms with Crippen molar-refractivity contribution in [3.63, 3.8) is 0 Å². The summed E-state index contributed by atoms with van der Waals surface area (Å²) in [5.74, 6) is -0.302. The van der Waals surface area contributed by atoms with E-state index in [-0.39, 0.29) is 24.0 Å². The van der Waals surface area contributed by atoms with Gasteiger partial charge in [0.05, 0.1) is 5.75 Å². The lowest BCUT2D eigenvalue weighted by molar-refractivity contribution is 0.587. The highest BCUT2D eigenvalue weighted by Gasteiger charge is 2.11. The van der Waals surface area contributed by atoms with Crippen molar-refractivity contribution < 1.29 is 12.8 Å². The van der Waals surface area contributed by atoms with Gasteiger partial charge in [-0.2, -0.15) is 0 Å². The average Bonchev–Trinajstić information content (AvgIpc) is 2.51. The molecule has 0 aliphatic heterocycles. The molecule has 4 nitrogen and oxygen atoms in total. The van der Waals surface area contributed by atoms with Gasteiger partial charge in [0.25, 0.3) is 0 Å². The van der Waals surface area contributed by atoms with Crippen LogP contribution in [0, 0.1) is 5.82 Å². The Kier molecular flexibility index (Phi) is 7.64. The third-order valence-electron chi connectivity index (χ3n) is 3.33. The lowest BCUT2D eigenvalue weighted by Gasteiger charge is -2.11. The van der Waals surface area contributed by atoms with Gasteiger partial charge >= 0.3 is 0 Å². The van der Waals surface area contributed by atoms with Crippen LogP contribution in [0.25, 0.3) is 0 Å². The quantitative estimate of drug-likeness (QED) is 0.799. The molecule has 2 rings (SSSR count). The minimum Gasteiger partial charge on any atom is -0.309 e. The van der Waals surface area contributed by atoms with Crippen molar-refractivity contribution in [2.45, 2.75) is 18.8 Å². The fourth-order valence-corrected chi connectivity index (χ4v) is 2.93. The Morgan fingerprint density at radius 3 is 2.17 bits per heavy atom. The molecule has 0 amide bonds. The second-order valence-electron chi connectivity index (χ2n) is 4.96. The molecule has 2 aromatic rings. The second-order valence-corrected chi connectivity index (χ2v) is 6.89. The topological polar surface area (TPSA) is 58.2 Å². The Labute approximate surface area is 142 Å². The first kappa shape index (κ1) is 19.6. The van der Waals surface area contributed by atoms with Crippen LogP contribution in [0.1, 0.15) is 16.7 Å². The van der Waals surface area contributed by atoms with Crippen molar-refractivity contribution in [1.29, 1.82) is 0 Å². The van der Waals surface area contributed by atoms with E-state index in [2.05, 4.69) is 10.0 Å². The number of hydrogen-bond donors (Lipinski definition) is 2. The van der Waals surface area contributed by atoms with E-state index in [4.69, 9.17) is 0 Å². The summed E-state index contributed by atoms with van der Waals surface area (Å²) >= 11 is 0. The molecular formula is C16H20ClFN2O2S. The van der Waals surface area contributed by atoms with E-state index < -0.39 is 10.0 Å². The van der Waals surface area contributed by atoms with Crippen molar-refractivity contribution >= 4 is 22.4 Å². The summed E-state index contributed by atoms with van der Waals surface area (Å²) in [5.41, 5.74) is 2.67. The van der Waals surface area contributed by atoms with E-state index in [1.165, 1.54) is 19.2 Å². The fourth-order valence-electron chi connectivity index (χ4n) is 2.09. The molecule has 2 N–H and O–H groups in total. The largest absolute Gasteiger partial charge is 0.309 e. The van der Waals surface area contributed by atoms with Gasteiger partial charge in [0.2, 0.25) is 10.0 Å². The van der Waals surface area contributed by atoms with Crippen LogP contribution in [0.2, 0.25) is 0 Å². The van der Waals surface area contributed by atoms with Crippen LogP contribution in [-0.4, -0.2) is 15.5 Å². The Morgan fingerprint density at radius 1 is 0.957 bits per heavy atom. The lowest BCUT2D eigenvalue weighted by atomic mass is 10.1. The number of sulfonamides is 1. The molecule has 7 heteroatoms. The molecule has 0 radical (unpaired) electrons. The van der Waals surface area contributed by atoms with Gasteiger partial charge in [-0.1, -0.05) is 36.4 Å². The first-order valence-electron chi connectivity index (χ1n) is 6.93. The van der Waals surface area contributed by atoms with E-state index in [1.54, 1.807) is 12.1 Å². The molecule has 0 aliphatic carbocycles. The normalized spacial score (nSPS) is 11.0. The van der Waals surface area contributed by atoms with Gasteiger partial charge in [-0.05, 0) is 35.9 Å². The van der Waals surface area contributed by atoms with Crippen molar-refractivity contribution in [3.05, 3.63) is 71.0 Å². The Hall–Kier alpha value is -1.47. The molecule has 0 saturated carbocycles. The maximum atomic E-state index is 12.8. The molecular weight excluding hydrogens is 339 g/mol. The Balaban J connectivity index is 0.00000264. The third kappa shape index (κ3) is 6.27. The minimum absolute atomic E-state index is 0. The van der Waals surface area contributed by atoms with Crippen LogP contribution in [-0.2, 0) is 28.9 Å². The molecule has 23 heavy (non-hydrogen) atoms. The summed E-state index contributed by atoms with van der Waals surface area (Å²) in [7, 11) is -1.89. The smallest absolute Gasteiger partial charge is 0.215 e. The highest BCUT2D eigenvalue weighted by Crippen LogP contribution is 2.12. The summed E-state index contributed by atoms with van der Waals surface area (Å²) in [5, 5.41) is 3.24. The van der Waals surface area contributed by atoms with Gasteiger partial charge in [0, 0.05) is 13.1 Å². The lowest BCUT2D eigenvalue weighted by Crippen LogP contribution is -2.22. The van der Waals surface area contributed by atoms with Gasteiger partial charge in [-0.25, -0.2) is 17.5 Å². The molecule has 2 aromatic carbocycles. The monoisotopic (exact) mass is 358 g/mol. The predicted octanol–water partition coefficient (Wildman–Crippen LogP) is 2.59. The molecule has 0 spiro atoms. The van der Waals surface area contributed by atoms with Gasteiger partial charge in [0.15, 0.2) is 0 Å². The number of hydrogen-bond acceptors (Lipinski definition) is 3. The first-order valence-corrected chi connectivity index (χ1v) is 8.58. The summed E-state index contributed by atoms with van der Waals surface area (Å²) in [4.78, 5) is 0. The highest BCUT2D eigenvalue weighted by atomic mass is 35.5. The minimum atomic E-state index is -3.30. The van der Waals surface area contributed by atoms with Crippen LogP contribution < -0.4 is 10.0 Å². The summed E-state index contributed by atoms with van der Waals surface area (Å²) in [6, 6.07) is 13.7. The van der Waals surface area contributed by atoms with E-state index in [9.17, 15) is 12.8 Å². The predicted molar refractivity (Wildman–Crippen MR) is 92.3 cm³/mol. The van der Waals surface area contributed by atoms with E-state index in [0.29, 0.717) is 13.1 Å². The molecule has 0 atom stereocenters. The molecule has 0 heterocycles. The van der Waals surface area contributed by atoms with Gasteiger partial charge in [-0.15, -0.1) is 12.4 Å². The number of nitrogens with one attached hydrogen (secondary N) is 2. The molecule has 0 fully saturated rings. The number of rotatable bonds is 7. The van der Waals surface area contributed by atoms with Crippen molar-refractivity contribution in [2.75, 3.05) is 7.05 Å². The molecule has 0 aliphatic rings. The zero-order valence-corrected chi connectivity index (χ0v) is 14.4. The number of halogens is 2. The van der Waals surface area contributed by atoms with E-state index >= 15 is 0 Å². The average molecular weight is 359 g/mol. The Morgan fingerprint density at radius 2 is 1.57 bits per heavy atom. The molecule has 0 unspecified atom stereocenters.